The maximum Gasteiger partial charge on any atom is 0.229 e. The van der Waals surface area contributed by atoms with Crippen LogP contribution in [0, 0.1) is 0 Å². The number of ether oxygens (including phenoxy) is 1. The van der Waals surface area contributed by atoms with Crippen molar-refractivity contribution < 1.29 is 9.53 Å². The van der Waals surface area contributed by atoms with E-state index >= 15 is 0 Å². The number of nitrogens with zero attached hydrogens (tertiary/aromatic N) is 1. The summed E-state index contributed by atoms with van der Waals surface area (Å²) >= 11 is 0. The van der Waals surface area contributed by atoms with Gasteiger partial charge in [0.25, 0.3) is 0 Å². The molecule has 1 aliphatic heterocycles. The third kappa shape index (κ3) is 2.29. The Labute approximate surface area is 119 Å². The summed E-state index contributed by atoms with van der Waals surface area (Å²) in [5.74, 6) is 0.178. The number of amides is 1. The number of aryl methyl sites for hydroxylation is 1. The molecule has 1 aromatic carbocycles. The molecule has 1 aromatic rings. The largest absolute Gasteiger partial charge is 0.399 e. The van der Waals surface area contributed by atoms with Gasteiger partial charge in [0.05, 0.1) is 12.0 Å². The summed E-state index contributed by atoms with van der Waals surface area (Å²) in [6, 6.07) is 5.84. The summed E-state index contributed by atoms with van der Waals surface area (Å²) in [7, 11) is 1.72. The average Bonchev–Trinajstić information content (AvgIpc) is 2.41. The number of carbonyl (C=O) groups excluding carboxylic acids is 1. The van der Waals surface area contributed by atoms with Gasteiger partial charge in [-0.25, -0.2) is 0 Å². The maximum atomic E-state index is 12.6. The molecule has 0 bridgehead atoms. The molecule has 1 fully saturated rings. The van der Waals surface area contributed by atoms with Gasteiger partial charge in [-0.15, -0.1) is 0 Å². The van der Waals surface area contributed by atoms with Gasteiger partial charge in [0.1, 0.15) is 0 Å². The normalized spacial score (nSPS) is 20.1. The van der Waals surface area contributed by atoms with Crippen LogP contribution >= 0.6 is 0 Å². The summed E-state index contributed by atoms with van der Waals surface area (Å²) in [4.78, 5) is 14.5. The second-order valence-electron chi connectivity index (χ2n) is 5.95. The summed E-state index contributed by atoms with van der Waals surface area (Å²) < 4.78 is 5.57. The lowest BCUT2D eigenvalue weighted by atomic mass is 9.77. The second kappa shape index (κ2) is 5.09. The summed E-state index contributed by atoms with van der Waals surface area (Å²) in [6.45, 7) is 0.801. The first kappa shape index (κ1) is 13.4. The van der Waals surface area contributed by atoms with Gasteiger partial charge >= 0.3 is 0 Å². The zero-order valence-electron chi connectivity index (χ0n) is 12.0. The minimum atomic E-state index is -0.206. The number of nitrogen functional groups attached to an aromatic ring is 1. The second-order valence-corrected chi connectivity index (χ2v) is 5.95. The molecule has 3 rings (SSSR count). The summed E-state index contributed by atoms with van der Waals surface area (Å²) in [6.07, 6.45) is 5.65. The van der Waals surface area contributed by atoms with Crippen LogP contribution in [-0.4, -0.2) is 25.2 Å². The molecule has 2 N–H and O–H groups in total. The van der Waals surface area contributed by atoms with E-state index in [1.54, 1.807) is 7.11 Å². The third-order valence-electron chi connectivity index (χ3n) is 4.69. The van der Waals surface area contributed by atoms with Crippen molar-refractivity contribution in [3.05, 3.63) is 23.8 Å². The Balaban J connectivity index is 1.80. The molecule has 4 nitrogen and oxygen atoms in total. The molecule has 1 saturated carbocycles. The van der Waals surface area contributed by atoms with E-state index in [1.807, 2.05) is 23.1 Å². The van der Waals surface area contributed by atoms with Crippen molar-refractivity contribution in [1.82, 2.24) is 0 Å². The van der Waals surface area contributed by atoms with Gasteiger partial charge in [-0.1, -0.05) is 0 Å². The molecule has 1 amide bonds. The monoisotopic (exact) mass is 274 g/mol. The Morgan fingerprint density at radius 2 is 2.20 bits per heavy atom. The van der Waals surface area contributed by atoms with Crippen molar-refractivity contribution in [1.29, 1.82) is 0 Å². The average molecular weight is 274 g/mol. The number of nitrogens with two attached hydrogens (primary N) is 1. The van der Waals surface area contributed by atoms with Crippen molar-refractivity contribution in [3.8, 4) is 0 Å². The topological polar surface area (TPSA) is 55.6 Å². The molecule has 0 spiro atoms. The Morgan fingerprint density at radius 3 is 2.85 bits per heavy atom. The number of methoxy groups -OCH3 is 1. The van der Waals surface area contributed by atoms with Crippen LogP contribution in [0.15, 0.2) is 18.2 Å². The lowest BCUT2D eigenvalue weighted by molar-refractivity contribution is -0.131. The Hall–Kier alpha value is -1.55. The molecule has 1 aliphatic carbocycles. The van der Waals surface area contributed by atoms with Gasteiger partial charge in [0, 0.05) is 25.0 Å². The first-order chi connectivity index (χ1) is 9.63. The minimum Gasteiger partial charge on any atom is -0.399 e. The maximum absolute atomic E-state index is 12.6. The SMILES string of the molecule is COC1(CC(=O)N2CCCc3cc(N)ccc32)CCC1. The van der Waals surface area contributed by atoms with Gasteiger partial charge in [-0.3, -0.25) is 4.79 Å². The van der Waals surface area contributed by atoms with E-state index in [0.717, 1.165) is 50.0 Å². The molecular formula is C16H22N2O2. The lowest BCUT2D eigenvalue weighted by Crippen LogP contribution is -2.46. The number of rotatable bonds is 3. The number of carbonyl (C=O) groups is 1. The van der Waals surface area contributed by atoms with Crippen LogP contribution in [0.3, 0.4) is 0 Å². The fourth-order valence-electron chi connectivity index (χ4n) is 3.27. The molecule has 2 aliphatic rings. The van der Waals surface area contributed by atoms with E-state index in [4.69, 9.17) is 10.5 Å². The van der Waals surface area contributed by atoms with Crippen molar-refractivity contribution >= 4 is 17.3 Å². The van der Waals surface area contributed by atoms with E-state index in [9.17, 15) is 4.79 Å². The van der Waals surface area contributed by atoms with Gasteiger partial charge in [0.2, 0.25) is 5.91 Å². The number of hydrogen-bond acceptors (Lipinski definition) is 3. The van der Waals surface area contributed by atoms with Crippen molar-refractivity contribution in [3.63, 3.8) is 0 Å². The Bertz CT molecular complexity index is 518. The Morgan fingerprint density at radius 1 is 1.40 bits per heavy atom. The molecule has 20 heavy (non-hydrogen) atoms. The van der Waals surface area contributed by atoms with Crippen molar-refractivity contribution in [2.24, 2.45) is 0 Å². The van der Waals surface area contributed by atoms with E-state index in [0.29, 0.717) is 6.42 Å². The van der Waals surface area contributed by atoms with Crippen LogP contribution in [0.5, 0.6) is 0 Å². The molecule has 1 heterocycles. The highest BCUT2D eigenvalue weighted by atomic mass is 16.5. The van der Waals surface area contributed by atoms with Gasteiger partial charge in [-0.05, 0) is 55.9 Å². The molecule has 0 aromatic heterocycles. The molecule has 0 saturated heterocycles. The van der Waals surface area contributed by atoms with Gasteiger partial charge < -0.3 is 15.4 Å². The molecule has 108 valence electrons. The van der Waals surface area contributed by atoms with E-state index in [-0.39, 0.29) is 11.5 Å². The molecular weight excluding hydrogens is 252 g/mol. The highest BCUT2D eigenvalue weighted by molar-refractivity contribution is 5.95. The quantitative estimate of drug-likeness (QED) is 0.862. The van der Waals surface area contributed by atoms with E-state index in [1.165, 1.54) is 5.56 Å². The standard InChI is InChI=1S/C16H22N2O2/c1-20-16(7-3-8-16)11-15(19)18-9-2-4-12-10-13(17)5-6-14(12)18/h5-6,10H,2-4,7-9,11,17H2,1H3. The van der Waals surface area contributed by atoms with Crippen LogP contribution in [0.1, 0.15) is 37.7 Å². The first-order valence-corrected chi connectivity index (χ1v) is 7.37. The van der Waals surface area contributed by atoms with Crippen LogP contribution in [0.2, 0.25) is 0 Å². The fourth-order valence-corrected chi connectivity index (χ4v) is 3.27. The van der Waals surface area contributed by atoms with Crippen LogP contribution in [0.4, 0.5) is 11.4 Å². The third-order valence-corrected chi connectivity index (χ3v) is 4.69. The Kier molecular flexibility index (Phi) is 3.42. The van der Waals surface area contributed by atoms with Crippen molar-refractivity contribution in [2.45, 2.75) is 44.1 Å². The lowest BCUT2D eigenvalue weighted by Gasteiger charge is -2.41. The number of fused-ring (bicyclic) bond motifs is 1. The highest BCUT2D eigenvalue weighted by Gasteiger charge is 2.40. The predicted octanol–water partition coefficient (Wildman–Crippen LogP) is 2.51. The predicted molar refractivity (Wildman–Crippen MR) is 79.7 cm³/mol. The zero-order valence-corrected chi connectivity index (χ0v) is 12.0. The van der Waals surface area contributed by atoms with Crippen LogP contribution in [-0.2, 0) is 16.0 Å². The zero-order chi connectivity index (χ0) is 14.2. The van der Waals surface area contributed by atoms with Gasteiger partial charge in [0.15, 0.2) is 0 Å². The number of benzene rings is 1. The van der Waals surface area contributed by atoms with Crippen LogP contribution < -0.4 is 10.6 Å². The fraction of sp³-hybridized carbons (Fsp3) is 0.562. The molecule has 0 unspecified atom stereocenters. The highest BCUT2D eigenvalue weighted by Crippen LogP contribution is 2.39. The molecule has 0 atom stereocenters. The van der Waals surface area contributed by atoms with Crippen LogP contribution in [0.25, 0.3) is 0 Å². The first-order valence-electron chi connectivity index (χ1n) is 7.37. The summed E-state index contributed by atoms with van der Waals surface area (Å²) in [5, 5.41) is 0. The molecule has 4 heteroatoms. The number of anilines is 2. The minimum absolute atomic E-state index is 0.178. The van der Waals surface area contributed by atoms with E-state index < -0.39 is 0 Å². The molecule has 0 radical (unpaired) electrons. The van der Waals surface area contributed by atoms with Gasteiger partial charge in [-0.2, -0.15) is 0 Å². The number of hydrogen-bond donors (Lipinski definition) is 1. The van der Waals surface area contributed by atoms with E-state index in [2.05, 4.69) is 0 Å². The van der Waals surface area contributed by atoms with Crippen molar-refractivity contribution in [2.75, 3.05) is 24.3 Å². The summed E-state index contributed by atoms with van der Waals surface area (Å²) in [5.41, 5.74) is 8.61. The smallest absolute Gasteiger partial charge is 0.229 e.